The van der Waals surface area contributed by atoms with E-state index in [9.17, 15) is 19.7 Å². The third kappa shape index (κ3) is 3.02. The van der Waals surface area contributed by atoms with Gasteiger partial charge in [0.2, 0.25) is 0 Å². The molecule has 0 spiro atoms. The second-order valence-corrected chi connectivity index (χ2v) is 4.50. The van der Waals surface area contributed by atoms with Gasteiger partial charge >= 0.3 is 12.0 Å². The molecule has 20 heavy (non-hydrogen) atoms. The van der Waals surface area contributed by atoms with Gasteiger partial charge in [-0.15, -0.1) is 0 Å². The number of carboxylic acid groups (broad SMARTS) is 1. The van der Waals surface area contributed by atoms with Gasteiger partial charge in [0, 0.05) is 30.9 Å². The summed E-state index contributed by atoms with van der Waals surface area (Å²) in [5.41, 5.74) is 0.370. The molecule has 2 N–H and O–H groups in total. The van der Waals surface area contributed by atoms with Crippen LogP contribution in [0.1, 0.15) is 6.42 Å². The lowest BCUT2D eigenvalue weighted by Crippen LogP contribution is -2.33. The molecule has 0 aliphatic carbocycles. The van der Waals surface area contributed by atoms with E-state index in [1.54, 1.807) is 0 Å². The quantitative estimate of drug-likeness (QED) is 0.643. The number of nitrogens with one attached hydrogen (secondary N) is 1. The topological polar surface area (TPSA) is 113 Å². The number of nitrogens with zero attached hydrogens (tertiary/aromatic N) is 2. The highest BCUT2D eigenvalue weighted by molar-refractivity contribution is 5.90. The smallest absolute Gasteiger partial charge is 0.321 e. The lowest BCUT2D eigenvalue weighted by Gasteiger charge is -2.16. The first-order valence-corrected chi connectivity index (χ1v) is 6.00. The molecule has 0 saturated carbocycles. The van der Waals surface area contributed by atoms with Gasteiger partial charge in [0.05, 0.1) is 10.8 Å². The van der Waals surface area contributed by atoms with Crippen molar-refractivity contribution in [1.29, 1.82) is 0 Å². The predicted molar refractivity (Wildman–Crippen MR) is 69.4 cm³/mol. The Labute approximate surface area is 114 Å². The number of amides is 2. The number of nitro groups is 1. The molecule has 8 heteroatoms. The lowest BCUT2D eigenvalue weighted by molar-refractivity contribution is -0.384. The van der Waals surface area contributed by atoms with Gasteiger partial charge < -0.3 is 15.3 Å². The Morgan fingerprint density at radius 2 is 2.00 bits per heavy atom. The molecule has 1 aromatic carbocycles. The first-order valence-electron chi connectivity index (χ1n) is 6.00. The monoisotopic (exact) mass is 279 g/mol. The van der Waals surface area contributed by atoms with Gasteiger partial charge in [-0.1, -0.05) is 0 Å². The van der Waals surface area contributed by atoms with Gasteiger partial charge in [-0.25, -0.2) is 4.79 Å². The summed E-state index contributed by atoms with van der Waals surface area (Å²) in [6, 6.07) is 5.04. The van der Waals surface area contributed by atoms with Gasteiger partial charge in [-0.2, -0.15) is 0 Å². The van der Waals surface area contributed by atoms with Crippen LogP contribution in [0, 0.1) is 16.0 Å². The van der Waals surface area contributed by atoms with Crippen molar-refractivity contribution in [2.24, 2.45) is 5.92 Å². The van der Waals surface area contributed by atoms with E-state index in [-0.39, 0.29) is 12.2 Å². The molecule has 8 nitrogen and oxygen atoms in total. The van der Waals surface area contributed by atoms with Crippen molar-refractivity contribution in [2.45, 2.75) is 6.42 Å². The zero-order valence-corrected chi connectivity index (χ0v) is 10.5. The van der Waals surface area contributed by atoms with Crippen molar-refractivity contribution in [2.75, 3.05) is 18.4 Å². The van der Waals surface area contributed by atoms with Crippen LogP contribution in [0.3, 0.4) is 0 Å². The van der Waals surface area contributed by atoms with Crippen molar-refractivity contribution in [3.63, 3.8) is 0 Å². The minimum absolute atomic E-state index is 0.0601. The molecule has 0 aromatic heterocycles. The number of nitro benzene ring substituents is 1. The summed E-state index contributed by atoms with van der Waals surface area (Å²) in [6.07, 6.45) is 0.434. The second-order valence-electron chi connectivity index (χ2n) is 4.50. The fraction of sp³-hybridized carbons (Fsp3) is 0.333. The molecule has 1 unspecified atom stereocenters. The van der Waals surface area contributed by atoms with Crippen LogP contribution in [0.4, 0.5) is 16.2 Å². The molecule has 1 atom stereocenters. The van der Waals surface area contributed by atoms with Crippen molar-refractivity contribution in [3.05, 3.63) is 34.4 Å². The number of benzene rings is 1. The molecule has 2 rings (SSSR count). The highest BCUT2D eigenvalue weighted by atomic mass is 16.6. The number of likely N-dealkylation sites (tertiary alicyclic amines) is 1. The number of carbonyl (C=O) groups excluding carboxylic acids is 1. The fourth-order valence-electron chi connectivity index (χ4n) is 2.02. The van der Waals surface area contributed by atoms with Gasteiger partial charge in [-0.3, -0.25) is 14.9 Å². The standard InChI is InChI=1S/C12H13N3O5/c16-11(17)8-5-6-14(7-8)12(18)13-9-1-3-10(4-2-9)15(19)20/h1-4,8H,5-7H2,(H,13,18)(H,16,17). The Morgan fingerprint density at radius 3 is 2.50 bits per heavy atom. The Hall–Kier alpha value is -2.64. The van der Waals surface area contributed by atoms with Crippen LogP contribution in [0.15, 0.2) is 24.3 Å². The number of urea groups is 1. The number of aliphatic carboxylic acids is 1. The highest BCUT2D eigenvalue weighted by Crippen LogP contribution is 2.19. The van der Waals surface area contributed by atoms with Crippen LogP contribution in [0.2, 0.25) is 0 Å². The predicted octanol–water partition coefficient (Wildman–Crippen LogP) is 1.53. The van der Waals surface area contributed by atoms with Crippen LogP contribution in [0.25, 0.3) is 0 Å². The molecule has 2 amide bonds. The zero-order chi connectivity index (χ0) is 14.7. The maximum atomic E-state index is 11.9. The molecule has 1 saturated heterocycles. The maximum absolute atomic E-state index is 11.9. The average Bonchev–Trinajstić information content (AvgIpc) is 2.89. The Balaban J connectivity index is 1.95. The number of hydrogen-bond donors (Lipinski definition) is 2. The summed E-state index contributed by atoms with van der Waals surface area (Å²) in [4.78, 5) is 34.1. The number of carboxylic acids is 1. The molecule has 1 aliphatic rings. The van der Waals surface area contributed by atoms with Crippen LogP contribution < -0.4 is 5.32 Å². The molecule has 0 bridgehead atoms. The summed E-state index contributed by atoms with van der Waals surface area (Å²) in [6.45, 7) is 0.559. The molecule has 1 aromatic rings. The summed E-state index contributed by atoms with van der Waals surface area (Å²) in [5.74, 6) is -1.44. The highest BCUT2D eigenvalue weighted by Gasteiger charge is 2.30. The van der Waals surface area contributed by atoms with Crippen molar-refractivity contribution in [1.82, 2.24) is 4.90 Å². The van der Waals surface area contributed by atoms with Crippen molar-refractivity contribution in [3.8, 4) is 0 Å². The van der Waals surface area contributed by atoms with Gasteiger partial charge in [-0.05, 0) is 18.6 Å². The number of carbonyl (C=O) groups is 2. The van der Waals surface area contributed by atoms with E-state index < -0.39 is 22.8 Å². The number of anilines is 1. The summed E-state index contributed by atoms with van der Waals surface area (Å²) in [5, 5.41) is 21.9. The lowest BCUT2D eigenvalue weighted by atomic mass is 10.1. The average molecular weight is 279 g/mol. The number of non-ortho nitro benzene ring substituents is 1. The van der Waals surface area contributed by atoms with E-state index >= 15 is 0 Å². The van der Waals surface area contributed by atoms with E-state index in [0.29, 0.717) is 18.7 Å². The van der Waals surface area contributed by atoms with Crippen molar-refractivity contribution >= 4 is 23.4 Å². The molecule has 0 radical (unpaired) electrons. The third-order valence-electron chi connectivity index (χ3n) is 3.15. The van der Waals surface area contributed by atoms with Gasteiger partial charge in [0.25, 0.3) is 5.69 Å². The van der Waals surface area contributed by atoms with E-state index in [1.165, 1.54) is 29.2 Å². The van der Waals surface area contributed by atoms with E-state index in [0.717, 1.165) is 0 Å². The normalized spacial score (nSPS) is 17.8. The third-order valence-corrected chi connectivity index (χ3v) is 3.15. The molecular weight excluding hydrogens is 266 g/mol. The minimum Gasteiger partial charge on any atom is -0.481 e. The molecule has 106 valence electrons. The second kappa shape index (κ2) is 5.55. The zero-order valence-electron chi connectivity index (χ0n) is 10.5. The fourth-order valence-corrected chi connectivity index (χ4v) is 2.02. The SMILES string of the molecule is O=C(O)C1CCN(C(=O)Nc2ccc([N+](=O)[O-])cc2)C1. The maximum Gasteiger partial charge on any atom is 0.321 e. The molecular formula is C12H13N3O5. The number of hydrogen-bond acceptors (Lipinski definition) is 4. The Morgan fingerprint density at radius 1 is 1.35 bits per heavy atom. The van der Waals surface area contributed by atoms with Crippen LogP contribution >= 0.6 is 0 Å². The Kier molecular flexibility index (Phi) is 3.83. The van der Waals surface area contributed by atoms with E-state index in [1.807, 2.05) is 0 Å². The van der Waals surface area contributed by atoms with E-state index in [4.69, 9.17) is 5.11 Å². The van der Waals surface area contributed by atoms with Gasteiger partial charge in [0.1, 0.15) is 0 Å². The van der Waals surface area contributed by atoms with Crippen LogP contribution in [-0.2, 0) is 4.79 Å². The summed E-state index contributed by atoms with van der Waals surface area (Å²) in [7, 11) is 0. The first-order chi connectivity index (χ1) is 9.47. The number of rotatable bonds is 3. The Bertz CT molecular complexity index is 543. The van der Waals surface area contributed by atoms with E-state index in [2.05, 4.69) is 5.32 Å². The summed E-state index contributed by atoms with van der Waals surface area (Å²) >= 11 is 0. The van der Waals surface area contributed by atoms with Gasteiger partial charge in [0.15, 0.2) is 0 Å². The minimum atomic E-state index is -0.907. The first kappa shape index (κ1) is 13.8. The molecule has 1 fully saturated rings. The molecule has 1 aliphatic heterocycles. The molecule has 1 heterocycles. The van der Waals surface area contributed by atoms with Crippen LogP contribution in [0.5, 0.6) is 0 Å². The summed E-state index contributed by atoms with van der Waals surface area (Å²) < 4.78 is 0. The van der Waals surface area contributed by atoms with Crippen molar-refractivity contribution < 1.29 is 19.6 Å². The largest absolute Gasteiger partial charge is 0.481 e. The van der Waals surface area contributed by atoms with Crippen LogP contribution in [-0.4, -0.2) is 40.0 Å².